The summed E-state index contributed by atoms with van der Waals surface area (Å²) >= 11 is 5.75. The van der Waals surface area contributed by atoms with E-state index in [0.717, 1.165) is 23.7 Å². The third-order valence-corrected chi connectivity index (χ3v) is 2.28. The van der Waals surface area contributed by atoms with Crippen LogP contribution in [-0.2, 0) is 4.79 Å². The summed E-state index contributed by atoms with van der Waals surface area (Å²) in [6, 6.07) is 7.51. The number of amides is 1. The van der Waals surface area contributed by atoms with Crippen molar-refractivity contribution in [1.29, 1.82) is 0 Å². The average molecular weight is 227 g/mol. The molecular weight excluding hydrogens is 212 g/mol. The summed E-state index contributed by atoms with van der Waals surface area (Å²) in [7, 11) is 1.65. The van der Waals surface area contributed by atoms with E-state index in [2.05, 4.69) is 10.6 Å². The Labute approximate surface area is 94.8 Å². The maximum Gasteiger partial charge on any atom is 0.219 e. The van der Waals surface area contributed by atoms with Crippen LogP contribution in [0.5, 0.6) is 0 Å². The van der Waals surface area contributed by atoms with Crippen LogP contribution >= 0.6 is 11.6 Å². The SMILES string of the molecule is CNC(=O)CCCNc1ccc(Cl)cc1. The van der Waals surface area contributed by atoms with Gasteiger partial charge in [0.05, 0.1) is 0 Å². The maximum absolute atomic E-state index is 10.9. The fourth-order valence-corrected chi connectivity index (χ4v) is 1.30. The molecule has 0 aliphatic rings. The van der Waals surface area contributed by atoms with E-state index in [1.165, 1.54) is 0 Å². The average Bonchev–Trinajstić information content (AvgIpc) is 2.26. The number of halogens is 1. The number of anilines is 1. The molecule has 1 aromatic carbocycles. The largest absolute Gasteiger partial charge is 0.385 e. The molecule has 0 bridgehead atoms. The third-order valence-electron chi connectivity index (χ3n) is 2.03. The van der Waals surface area contributed by atoms with Crippen LogP contribution in [0, 0.1) is 0 Å². The molecule has 0 saturated carbocycles. The highest BCUT2D eigenvalue weighted by atomic mass is 35.5. The number of carbonyl (C=O) groups excluding carboxylic acids is 1. The minimum Gasteiger partial charge on any atom is -0.385 e. The lowest BCUT2D eigenvalue weighted by molar-refractivity contribution is -0.120. The Bertz CT molecular complexity index is 311. The summed E-state index contributed by atoms with van der Waals surface area (Å²) in [4.78, 5) is 10.9. The van der Waals surface area contributed by atoms with Crippen molar-refractivity contribution in [3.05, 3.63) is 29.3 Å². The zero-order chi connectivity index (χ0) is 11.1. The third kappa shape index (κ3) is 4.70. The van der Waals surface area contributed by atoms with Crippen molar-refractivity contribution in [1.82, 2.24) is 5.32 Å². The molecule has 82 valence electrons. The van der Waals surface area contributed by atoms with Gasteiger partial charge >= 0.3 is 0 Å². The Morgan fingerprint density at radius 3 is 2.60 bits per heavy atom. The van der Waals surface area contributed by atoms with Gasteiger partial charge in [-0.1, -0.05) is 11.6 Å². The van der Waals surface area contributed by atoms with Crippen molar-refractivity contribution < 1.29 is 4.79 Å². The van der Waals surface area contributed by atoms with E-state index in [1.54, 1.807) is 7.05 Å². The van der Waals surface area contributed by atoms with Crippen molar-refractivity contribution in [3.63, 3.8) is 0 Å². The summed E-state index contributed by atoms with van der Waals surface area (Å²) < 4.78 is 0. The van der Waals surface area contributed by atoms with Crippen LogP contribution in [0.15, 0.2) is 24.3 Å². The molecule has 0 radical (unpaired) electrons. The zero-order valence-electron chi connectivity index (χ0n) is 8.72. The fourth-order valence-electron chi connectivity index (χ4n) is 1.17. The lowest BCUT2D eigenvalue weighted by Gasteiger charge is -2.05. The minimum absolute atomic E-state index is 0.0768. The first-order valence-electron chi connectivity index (χ1n) is 4.92. The predicted molar refractivity (Wildman–Crippen MR) is 63.2 cm³/mol. The van der Waals surface area contributed by atoms with Crippen molar-refractivity contribution in [2.24, 2.45) is 0 Å². The van der Waals surface area contributed by atoms with Gasteiger partial charge in [-0.25, -0.2) is 0 Å². The standard InChI is InChI=1S/C11H15ClN2O/c1-13-11(15)3-2-8-14-10-6-4-9(12)5-7-10/h4-7,14H,2-3,8H2,1H3,(H,13,15). The summed E-state index contributed by atoms with van der Waals surface area (Å²) in [6.07, 6.45) is 1.37. The Hall–Kier alpha value is -1.22. The minimum atomic E-state index is 0.0768. The number of hydrogen-bond acceptors (Lipinski definition) is 2. The van der Waals surface area contributed by atoms with E-state index in [1.807, 2.05) is 24.3 Å². The van der Waals surface area contributed by atoms with E-state index in [9.17, 15) is 4.79 Å². The van der Waals surface area contributed by atoms with Gasteiger partial charge in [-0.2, -0.15) is 0 Å². The number of rotatable bonds is 5. The van der Waals surface area contributed by atoms with Crippen LogP contribution in [0.1, 0.15) is 12.8 Å². The van der Waals surface area contributed by atoms with Gasteiger partial charge in [0.2, 0.25) is 5.91 Å². The molecule has 0 fully saturated rings. The summed E-state index contributed by atoms with van der Waals surface area (Å²) in [5, 5.41) is 6.53. The second-order valence-electron chi connectivity index (χ2n) is 3.21. The van der Waals surface area contributed by atoms with Crippen molar-refractivity contribution in [2.45, 2.75) is 12.8 Å². The van der Waals surface area contributed by atoms with Crippen molar-refractivity contribution in [2.75, 3.05) is 18.9 Å². The van der Waals surface area contributed by atoms with Crippen LogP contribution < -0.4 is 10.6 Å². The molecular formula is C11H15ClN2O. The van der Waals surface area contributed by atoms with Crippen LogP contribution in [0.2, 0.25) is 5.02 Å². The molecule has 0 aliphatic carbocycles. The van der Waals surface area contributed by atoms with Gasteiger partial charge in [-0.3, -0.25) is 4.79 Å². The number of hydrogen-bond donors (Lipinski definition) is 2. The van der Waals surface area contributed by atoms with Crippen molar-refractivity contribution in [3.8, 4) is 0 Å². The first-order valence-corrected chi connectivity index (χ1v) is 5.30. The first kappa shape index (κ1) is 11.9. The van der Waals surface area contributed by atoms with E-state index in [0.29, 0.717) is 6.42 Å². The second kappa shape index (κ2) is 6.30. The van der Waals surface area contributed by atoms with E-state index >= 15 is 0 Å². The molecule has 0 atom stereocenters. The quantitative estimate of drug-likeness (QED) is 0.757. The monoisotopic (exact) mass is 226 g/mol. The second-order valence-corrected chi connectivity index (χ2v) is 3.65. The highest BCUT2D eigenvalue weighted by molar-refractivity contribution is 6.30. The predicted octanol–water partition coefficient (Wildman–Crippen LogP) is 2.28. The lowest BCUT2D eigenvalue weighted by Crippen LogP contribution is -2.18. The van der Waals surface area contributed by atoms with Crippen LogP contribution in [0.25, 0.3) is 0 Å². The highest BCUT2D eigenvalue weighted by Crippen LogP contribution is 2.13. The van der Waals surface area contributed by atoms with E-state index in [-0.39, 0.29) is 5.91 Å². The molecule has 1 amide bonds. The van der Waals surface area contributed by atoms with E-state index in [4.69, 9.17) is 11.6 Å². The Balaban J connectivity index is 2.20. The topological polar surface area (TPSA) is 41.1 Å². The molecule has 1 aromatic rings. The van der Waals surface area contributed by atoms with Crippen LogP contribution in [0.3, 0.4) is 0 Å². The molecule has 0 aromatic heterocycles. The van der Waals surface area contributed by atoms with Crippen LogP contribution in [-0.4, -0.2) is 19.5 Å². The Morgan fingerprint density at radius 1 is 1.33 bits per heavy atom. The van der Waals surface area contributed by atoms with Gasteiger partial charge in [0.15, 0.2) is 0 Å². The molecule has 3 nitrogen and oxygen atoms in total. The lowest BCUT2D eigenvalue weighted by atomic mass is 10.2. The van der Waals surface area contributed by atoms with Gasteiger partial charge < -0.3 is 10.6 Å². The summed E-state index contributed by atoms with van der Waals surface area (Å²) in [5.74, 6) is 0.0768. The molecule has 0 spiro atoms. The van der Waals surface area contributed by atoms with Crippen LogP contribution in [0.4, 0.5) is 5.69 Å². The molecule has 1 rings (SSSR count). The molecule has 2 N–H and O–H groups in total. The molecule has 0 saturated heterocycles. The Kier molecular flexibility index (Phi) is 4.98. The molecule has 0 unspecified atom stereocenters. The van der Waals surface area contributed by atoms with Gasteiger partial charge in [0.25, 0.3) is 0 Å². The maximum atomic E-state index is 10.9. The highest BCUT2D eigenvalue weighted by Gasteiger charge is 1.97. The van der Waals surface area contributed by atoms with Crippen molar-refractivity contribution >= 4 is 23.2 Å². The smallest absolute Gasteiger partial charge is 0.219 e. The fraction of sp³-hybridized carbons (Fsp3) is 0.364. The van der Waals surface area contributed by atoms with Gasteiger partial charge in [-0.15, -0.1) is 0 Å². The van der Waals surface area contributed by atoms with Gasteiger partial charge in [0.1, 0.15) is 0 Å². The zero-order valence-corrected chi connectivity index (χ0v) is 9.47. The summed E-state index contributed by atoms with van der Waals surface area (Å²) in [5.41, 5.74) is 1.02. The molecule has 4 heteroatoms. The normalized spacial score (nSPS) is 9.73. The van der Waals surface area contributed by atoms with Gasteiger partial charge in [0, 0.05) is 30.7 Å². The number of carbonyl (C=O) groups is 1. The van der Waals surface area contributed by atoms with E-state index < -0.39 is 0 Å². The Morgan fingerprint density at radius 2 is 2.00 bits per heavy atom. The van der Waals surface area contributed by atoms with Gasteiger partial charge in [-0.05, 0) is 30.7 Å². The molecule has 15 heavy (non-hydrogen) atoms. The number of nitrogens with one attached hydrogen (secondary N) is 2. The summed E-state index contributed by atoms with van der Waals surface area (Å²) in [6.45, 7) is 0.787. The molecule has 0 heterocycles. The first-order chi connectivity index (χ1) is 7.22. The number of benzene rings is 1. The molecule has 0 aliphatic heterocycles.